The molecule has 8 heteroatoms. The summed E-state index contributed by atoms with van der Waals surface area (Å²) < 4.78 is 45.2. The average Bonchev–Trinajstić information content (AvgIpc) is 2.55. The number of anilines is 2. The van der Waals surface area contributed by atoms with Crippen molar-refractivity contribution < 1.29 is 17.5 Å². The number of aryl methyl sites for hydroxylation is 1. The second-order valence-corrected chi connectivity index (χ2v) is 6.90. The molecule has 1 heterocycles. The van der Waals surface area contributed by atoms with E-state index in [2.05, 4.69) is 15.0 Å². The van der Waals surface area contributed by atoms with E-state index in [1.807, 2.05) is 0 Å². The van der Waals surface area contributed by atoms with Crippen LogP contribution in [0, 0.1) is 12.7 Å². The summed E-state index contributed by atoms with van der Waals surface area (Å²) in [5.41, 5.74) is 1.05. The SMILES string of the molecule is COCCCNc1ccc(NS(=O)(=O)c2ccc(F)c(C)c2)nc1. The Balaban J connectivity index is 2.03. The zero-order chi connectivity index (χ0) is 17.6. The van der Waals surface area contributed by atoms with E-state index in [4.69, 9.17) is 4.74 Å². The smallest absolute Gasteiger partial charge is 0.263 e. The first-order valence-corrected chi connectivity index (χ1v) is 8.88. The summed E-state index contributed by atoms with van der Waals surface area (Å²) in [6, 6.07) is 6.92. The lowest BCUT2D eigenvalue weighted by Crippen LogP contribution is -2.14. The van der Waals surface area contributed by atoms with Crippen LogP contribution in [0.15, 0.2) is 41.4 Å². The fourth-order valence-electron chi connectivity index (χ4n) is 1.99. The fraction of sp³-hybridized carbons (Fsp3) is 0.312. The molecule has 0 atom stereocenters. The molecule has 0 spiro atoms. The van der Waals surface area contributed by atoms with Crippen molar-refractivity contribution in [2.24, 2.45) is 0 Å². The van der Waals surface area contributed by atoms with Crippen molar-refractivity contribution in [2.45, 2.75) is 18.2 Å². The van der Waals surface area contributed by atoms with Gasteiger partial charge in [-0.05, 0) is 49.2 Å². The van der Waals surface area contributed by atoms with Crippen molar-refractivity contribution in [1.82, 2.24) is 4.98 Å². The van der Waals surface area contributed by atoms with E-state index in [1.165, 1.54) is 19.1 Å². The largest absolute Gasteiger partial charge is 0.385 e. The van der Waals surface area contributed by atoms with Crippen molar-refractivity contribution in [1.29, 1.82) is 0 Å². The summed E-state index contributed by atoms with van der Waals surface area (Å²) in [6.45, 7) is 2.90. The Morgan fingerprint density at radius 1 is 1.25 bits per heavy atom. The number of aromatic nitrogens is 1. The van der Waals surface area contributed by atoms with Gasteiger partial charge in [0.05, 0.1) is 16.8 Å². The van der Waals surface area contributed by atoms with Crippen LogP contribution in [0.3, 0.4) is 0 Å². The third kappa shape index (κ3) is 4.90. The number of pyridine rings is 1. The Hall–Kier alpha value is -2.19. The van der Waals surface area contributed by atoms with E-state index in [1.54, 1.807) is 25.4 Å². The van der Waals surface area contributed by atoms with E-state index < -0.39 is 15.8 Å². The number of methoxy groups -OCH3 is 1. The van der Waals surface area contributed by atoms with Gasteiger partial charge in [-0.3, -0.25) is 4.72 Å². The number of nitrogens with one attached hydrogen (secondary N) is 2. The quantitative estimate of drug-likeness (QED) is 0.713. The number of hydrogen-bond acceptors (Lipinski definition) is 5. The second-order valence-electron chi connectivity index (χ2n) is 5.22. The van der Waals surface area contributed by atoms with Gasteiger partial charge in [-0.2, -0.15) is 0 Å². The number of benzene rings is 1. The second kappa shape index (κ2) is 8.07. The summed E-state index contributed by atoms with van der Waals surface area (Å²) in [5, 5.41) is 3.15. The summed E-state index contributed by atoms with van der Waals surface area (Å²) in [6.07, 6.45) is 2.40. The van der Waals surface area contributed by atoms with Gasteiger partial charge < -0.3 is 10.1 Å². The first-order chi connectivity index (χ1) is 11.4. The van der Waals surface area contributed by atoms with Crippen molar-refractivity contribution in [3.05, 3.63) is 47.9 Å². The Bertz CT molecular complexity index is 780. The average molecular weight is 353 g/mol. The zero-order valence-electron chi connectivity index (χ0n) is 13.5. The fourth-order valence-corrected chi connectivity index (χ4v) is 3.08. The van der Waals surface area contributed by atoms with Gasteiger partial charge in [0.1, 0.15) is 11.6 Å². The molecule has 0 unspecified atom stereocenters. The van der Waals surface area contributed by atoms with Gasteiger partial charge in [-0.25, -0.2) is 17.8 Å². The minimum atomic E-state index is -3.81. The predicted octanol–water partition coefficient (Wildman–Crippen LogP) is 2.78. The summed E-state index contributed by atoms with van der Waals surface area (Å²) in [4.78, 5) is 4.06. The maximum absolute atomic E-state index is 13.3. The minimum absolute atomic E-state index is 0.00929. The van der Waals surface area contributed by atoms with Crippen LogP contribution in [0.1, 0.15) is 12.0 Å². The van der Waals surface area contributed by atoms with Crippen LogP contribution in [0.2, 0.25) is 0 Å². The lowest BCUT2D eigenvalue weighted by Gasteiger charge is -2.10. The summed E-state index contributed by atoms with van der Waals surface area (Å²) >= 11 is 0. The molecule has 0 bridgehead atoms. The molecule has 2 N–H and O–H groups in total. The highest BCUT2D eigenvalue weighted by molar-refractivity contribution is 7.92. The number of hydrogen-bond donors (Lipinski definition) is 2. The third-order valence-electron chi connectivity index (χ3n) is 3.30. The van der Waals surface area contributed by atoms with E-state index in [9.17, 15) is 12.8 Å². The van der Waals surface area contributed by atoms with Gasteiger partial charge in [-0.15, -0.1) is 0 Å². The van der Waals surface area contributed by atoms with Crippen molar-refractivity contribution in [3.63, 3.8) is 0 Å². The van der Waals surface area contributed by atoms with Crippen LogP contribution in [0.5, 0.6) is 0 Å². The van der Waals surface area contributed by atoms with E-state index >= 15 is 0 Å². The van der Waals surface area contributed by atoms with Crippen LogP contribution in [-0.4, -0.2) is 33.7 Å². The lowest BCUT2D eigenvalue weighted by atomic mass is 10.2. The van der Waals surface area contributed by atoms with Crippen LogP contribution < -0.4 is 10.0 Å². The molecule has 130 valence electrons. The van der Waals surface area contributed by atoms with Crippen molar-refractivity contribution in [2.75, 3.05) is 30.3 Å². The van der Waals surface area contributed by atoms with Gasteiger partial charge in [0, 0.05) is 20.3 Å². The highest BCUT2D eigenvalue weighted by Crippen LogP contribution is 2.18. The van der Waals surface area contributed by atoms with Crippen LogP contribution in [0.4, 0.5) is 15.9 Å². The molecule has 6 nitrogen and oxygen atoms in total. The number of nitrogens with zero attached hydrogens (tertiary/aromatic N) is 1. The van der Waals surface area contributed by atoms with E-state index in [0.717, 1.165) is 24.7 Å². The standard InChI is InChI=1S/C16H20FN3O3S/c1-12-10-14(5-6-15(12)17)24(21,22)20-16-7-4-13(11-19-16)18-8-3-9-23-2/h4-7,10-11,18H,3,8-9H2,1-2H3,(H,19,20). The maximum atomic E-state index is 13.3. The van der Waals surface area contributed by atoms with Crippen molar-refractivity contribution >= 4 is 21.5 Å². The molecule has 0 radical (unpaired) electrons. The molecule has 0 aliphatic rings. The third-order valence-corrected chi connectivity index (χ3v) is 4.65. The number of halogens is 1. The molecule has 0 saturated carbocycles. The molecule has 2 rings (SSSR count). The number of rotatable bonds is 8. The topological polar surface area (TPSA) is 80.3 Å². The minimum Gasteiger partial charge on any atom is -0.385 e. The molecule has 0 aliphatic heterocycles. The molecule has 0 fully saturated rings. The Morgan fingerprint density at radius 2 is 2.04 bits per heavy atom. The molecule has 24 heavy (non-hydrogen) atoms. The summed E-state index contributed by atoms with van der Waals surface area (Å²) in [5.74, 6) is -0.254. The lowest BCUT2D eigenvalue weighted by molar-refractivity contribution is 0.198. The van der Waals surface area contributed by atoms with Gasteiger partial charge >= 0.3 is 0 Å². The van der Waals surface area contributed by atoms with Gasteiger partial charge in [0.15, 0.2) is 0 Å². The van der Waals surface area contributed by atoms with Crippen LogP contribution >= 0.6 is 0 Å². The van der Waals surface area contributed by atoms with Crippen molar-refractivity contribution in [3.8, 4) is 0 Å². The first kappa shape index (κ1) is 18.2. The molecule has 2 aromatic rings. The normalized spacial score (nSPS) is 11.3. The first-order valence-electron chi connectivity index (χ1n) is 7.40. The molecule has 0 aliphatic carbocycles. The Morgan fingerprint density at radius 3 is 2.67 bits per heavy atom. The number of sulfonamides is 1. The predicted molar refractivity (Wildman–Crippen MR) is 91.2 cm³/mol. The monoisotopic (exact) mass is 353 g/mol. The maximum Gasteiger partial charge on any atom is 0.263 e. The van der Waals surface area contributed by atoms with Crippen LogP contribution in [-0.2, 0) is 14.8 Å². The molecule has 1 aromatic heterocycles. The molecular weight excluding hydrogens is 333 g/mol. The number of ether oxygens (including phenoxy) is 1. The van der Waals surface area contributed by atoms with E-state index in [-0.39, 0.29) is 16.3 Å². The molecular formula is C16H20FN3O3S. The Kier molecular flexibility index (Phi) is 6.10. The molecule has 1 aromatic carbocycles. The Labute approximate surface area is 141 Å². The van der Waals surface area contributed by atoms with Gasteiger partial charge in [0.2, 0.25) is 0 Å². The van der Waals surface area contributed by atoms with Gasteiger partial charge in [-0.1, -0.05) is 0 Å². The molecule has 0 amide bonds. The highest BCUT2D eigenvalue weighted by Gasteiger charge is 2.16. The zero-order valence-corrected chi connectivity index (χ0v) is 14.4. The van der Waals surface area contributed by atoms with Gasteiger partial charge in [0.25, 0.3) is 10.0 Å². The van der Waals surface area contributed by atoms with E-state index in [0.29, 0.717) is 6.61 Å². The highest BCUT2D eigenvalue weighted by atomic mass is 32.2. The van der Waals surface area contributed by atoms with Crippen LogP contribution in [0.25, 0.3) is 0 Å². The molecule has 0 saturated heterocycles. The summed E-state index contributed by atoms with van der Waals surface area (Å²) in [7, 11) is -2.16.